The maximum Gasteiger partial charge on any atom is 0.0655 e. The first-order chi connectivity index (χ1) is 8.49. The molecule has 0 saturated heterocycles. The van der Waals surface area contributed by atoms with E-state index in [0.717, 1.165) is 10.0 Å². The Labute approximate surface area is 146 Å². The van der Waals surface area contributed by atoms with Crippen molar-refractivity contribution in [3.8, 4) is 0 Å². The molecular formula is C13H7Br2Cl2I. The van der Waals surface area contributed by atoms with E-state index in [4.69, 9.17) is 23.2 Å². The van der Waals surface area contributed by atoms with Crippen LogP contribution in [0.25, 0.3) is 0 Å². The molecular weight excluding hydrogens is 514 g/mol. The lowest BCUT2D eigenvalue weighted by Crippen LogP contribution is -1.96. The molecule has 0 spiro atoms. The fourth-order valence-electron chi connectivity index (χ4n) is 1.56. The van der Waals surface area contributed by atoms with Gasteiger partial charge in [0.1, 0.15) is 0 Å². The molecule has 0 nitrogen and oxygen atoms in total. The maximum absolute atomic E-state index is 6.05. The van der Waals surface area contributed by atoms with Crippen molar-refractivity contribution in [1.29, 1.82) is 0 Å². The lowest BCUT2D eigenvalue weighted by Gasteiger charge is -2.14. The van der Waals surface area contributed by atoms with Gasteiger partial charge in [-0.05, 0) is 64.0 Å². The summed E-state index contributed by atoms with van der Waals surface area (Å²) in [6, 6.07) is 11.9. The zero-order valence-corrected chi connectivity index (χ0v) is 15.8. The number of halogens is 5. The summed E-state index contributed by atoms with van der Waals surface area (Å²) < 4.78 is 2.26. The van der Waals surface area contributed by atoms with Gasteiger partial charge in [0, 0.05) is 8.04 Å². The first kappa shape index (κ1) is 15.1. The quantitative estimate of drug-likeness (QED) is 0.300. The molecule has 0 radical (unpaired) electrons. The fraction of sp³-hybridized carbons (Fsp3) is 0.0769. The van der Waals surface area contributed by atoms with E-state index < -0.39 is 0 Å². The summed E-state index contributed by atoms with van der Waals surface area (Å²) in [5.41, 5.74) is 2.28. The Bertz CT molecular complexity index is 587. The predicted molar refractivity (Wildman–Crippen MR) is 94.1 cm³/mol. The number of hydrogen-bond donors (Lipinski definition) is 0. The van der Waals surface area contributed by atoms with E-state index in [-0.39, 0.29) is 4.83 Å². The normalized spacial score (nSPS) is 12.5. The third kappa shape index (κ3) is 3.42. The van der Waals surface area contributed by atoms with Gasteiger partial charge in [-0.25, -0.2) is 0 Å². The third-order valence-corrected chi connectivity index (χ3v) is 5.70. The molecule has 0 aromatic heterocycles. The molecule has 1 atom stereocenters. The van der Waals surface area contributed by atoms with Gasteiger partial charge in [-0.3, -0.25) is 0 Å². The van der Waals surface area contributed by atoms with Crippen LogP contribution in [0, 0.1) is 3.57 Å². The van der Waals surface area contributed by atoms with E-state index in [0.29, 0.717) is 10.0 Å². The van der Waals surface area contributed by atoms with Crippen LogP contribution in [-0.2, 0) is 0 Å². The summed E-state index contributed by atoms with van der Waals surface area (Å²) in [6.07, 6.45) is 0. The molecule has 18 heavy (non-hydrogen) atoms. The molecule has 0 aliphatic heterocycles. The Kier molecular flexibility index (Phi) is 5.40. The van der Waals surface area contributed by atoms with Crippen molar-refractivity contribution in [2.45, 2.75) is 4.83 Å². The van der Waals surface area contributed by atoms with Crippen molar-refractivity contribution in [3.05, 3.63) is 65.6 Å². The minimum atomic E-state index is 0.0941. The van der Waals surface area contributed by atoms with Gasteiger partial charge in [0.15, 0.2) is 0 Å². The van der Waals surface area contributed by atoms with E-state index in [1.54, 1.807) is 0 Å². The molecule has 0 bridgehead atoms. The molecule has 2 rings (SSSR count). The summed E-state index contributed by atoms with van der Waals surface area (Å²) in [6.45, 7) is 0. The standard InChI is InChI=1S/C13H7Br2Cl2I/c14-8-2-4-12(18)9(6-8)13(15)7-1-3-10(16)11(17)5-7/h1-6,13H. The van der Waals surface area contributed by atoms with Gasteiger partial charge in [-0.2, -0.15) is 0 Å². The summed E-state index contributed by atoms with van der Waals surface area (Å²) in [4.78, 5) is 0.0941. The Morgan fingerprint density at radius 2 is 1.72 bits per heavy atom. The van der Waals surface area contributed by atoms with Crippen LogP contribution in [-0.4, -0.2) is 0 Å². The Morgan fingerprint density at radius 3 is 2.39 bits per heavy atom. The zero-order valence-electron chi connectivity index (χ0n) is 8.93. The highest BCUT2D eigenvalue weighted by Gasteiger charge is 2.15. The van der Waals surface area contributed by atoms with E-state index in [1.807, 2.05) is 24.3 Å². The molecule has 0 amide bonds. The van der Waals surface area contributed by atoms with Crippen LogP contribution in [0.2, 0.25) is 10.0 Å². The highest BCUT2D eigenvalue weighted by molar-refractivity contribution is 14.1. The summed E-state index contributed by atoms with van der Waals surface area (Å²) in [5.74, 6) is 0. The van der Waals surface area contributed by atoms with Gasteiger partial charge in [-0.15, -0.1) is 0 Å². The molecule has 0 saturated carbocycles. The zero-order chi connectivity index (χ0) is 13.3. The summed E-state index contributed by atoms with van der Waals surface area (Å²) in [5, 5.41) is 1.15. The minimum Gasteiger partial charge on any atom is -0.0827 e. The largest absolute Gasteiger partial charge is 0.0827 e. The van der Waals surface area contributed by atoms with Crippen LogP contribution >= 0.6 is 77.7 Å². The van der Waals surface area contributed by atoms with Crippen molar-refractivity contribution < 1.29 is 0 Å². The number of hydrogen-bond acceptors (Lipinski definition) is 0. The van der Waals surface area contributed by atoms with Gasteiger partial charge in [0.2, 0.25) is 0 Å². The van der Waals surface area contributed by atoms with Crippen LogP contribution in [0.5, 0.6) is 0 Å². The molecule has 0 N–H and O–H groups in total. The molecule has 2 aromatic rings. The van der Waals surface area contributed by atoms with Gasteiger partial charge in [-0.1, -0.05) is 61.1 Å². The van der Waals surface area contributed by atoms with Crippen molar-refractivity contribution >= 4 is 77.7 Å². The highest BCUT2D eigenvalue weighted by Crippen LogP contribution is 2.37. The van der Waals surface area contributed by atoms with Crippen LogP contribution in [0.4, 0.5) is 0 Å². The molecule has 0 aliphatic carbocycles. The highest BCUT2D eigenvalue weighted by atomic mass is 127. The van der Waals surface area contributed by atoms with E-state index in [1.165, 1.54) is 9.13 Å². The Morgan fingerprint density at radius 1 is 1.00 bits per heavy atom. The van der Waals surface area contributed by atoms with E-state index in [9.17, 15) is 0 Å². The molecule has 5 heteroatoms. The summed E-state index contributed by atoms with van der Waals surface area (Å²) >= 11 is 21.5. The molecule has 2 aromatic carbocycles. The van der Waals surface area contributed by atoms with Crippen LogP contribution in [0.3, 0.4) is 0 Å². The summed E-state index contributed by atoms with van der Waals surface area (Å²) in [7, 11) is 0. The maximum atomic E-state index is 6.05. The molecule has 0 heterocycles. The Balaban J connectivity index is 2.44. The van der Waals surface area contributed by atoms with Crippen molar-refractivity contribution in [2.75, 3.05) is 0 Å². The lowest BCUT2D eigenvalue weighted by atomic mass is 10.1. The van der Waals surface area contributed by atoms with Crippen molar-refractivity contribution in [1.82, 2.24) is 0 Å². The van der Waals surface area contributed by atoms with Crippen LogP contribution < -0.4 is 0 Å². The van der Waals surface area contributed by atoms with Gasteiger partial charge >= 0.3 is 0 Å². The smallest absolute Gasteiger partial charge is 0.0655 e. The first-order valence-corrected chi connectivity index (χ1v) is 8.57. The fourth-order valence-corrected chi connectivity index (χ4v) is 3.98. The van der Waals surface area contributed by atoms with Gasteiger partial charge in [0.25, 0.3) is 0 Å². The molecule has 94 valence electrons. The molecule has 0 fully saturated rings. The van der Waals surface area contributed by atoms with Crippen molar-refractivity contribution in [3.63, 3.8) is 0 Å². The number of benzene rings is 2. The average molecular weight is 521 g/mol. The Hall–Kier alpha value is 0.710. The van der Waals surface area contributed by atoms with E-state index >= 15 is 0 Å². The molecule has 0 aliphatic rings. The second-order valence-corrected chi connectivity index (χ2v) is 7.51. The monoisotopic (exact) mass is 518 g/mol. The number of alkyl halides is 1. The third-order valence-electron chi connectivity index (χ3n) is 2.47. The topological polar surface area (TPSA) is 0 Å². The second-order valence-electron chi connectivity index (χ2n) is 3.70. The number of rotatable bonds is 2. The van der Waals surface area contributed by atoms with Gasteiger partial charge in [0.05, 0.1) is 14.9 Å². The second kappa shape index (κ2) is 6.44. The lowest BCUT2D eigenvalue weighted by molar-refractivity contribution is 1.16. The van der Waals surface area contributed by atoms with E-state index in [2.05, 4.69) is 66.6 Å². The predicted octanol–water partition coefficient (Wildman–Crippen LogP) is 6.84. The molecule has 1 unspecified atom stereocenters. The van der Waals surface area contributed by atoms with Crippen LogP contribution in [0.15, 0.2) is 40.9 Å². The van der Waals surface area contributed by atoms with Gasteiger partial charge < -0.3 is 0 Å². The first-order valence-electron chi connectivity index (χ1n) is 5.03. The van der Waals surface area contributed by atoms with Crippen molar-refractivity contribution in [2.24, 2.45) is 0 Å². The average Bonchev–Trinajstić information content (AvgIpc) is 2.35. The van der Waals surface area contributed by atoms with Crippen LogP contribution in [0.1, 0.15) is 16.0 Å². The minimum absolute atomic E-state index is 0.0941. The SMILES string of the molecule is Clc1ccc(C(Br)c2cc(Br)ccc2I)cc1Cl.